The standard InChI is InChI=1S/C15H33N3/c1-12(2)9-15(11-18(4)5)17-13(3)10-14-7-6-8-16-14/h12-17H,6-11H2,1-5H3. The van der Waals surface area contributed by atoms with Crippen molar-refractivity contribution >= 4 is 0 Å². The summed E-state index contributed by atoms with van der Waals surface area (Å²) in [5.41, 5.74) is 0. The van der Waals surface area contributed by atoms with E-state index in [1.54, 1.807) is 0 Å². The van der Waals surface area contributed by atoms with Gasteiger partial charge >= 0.3 is 0 Å². The van der Waals surface area contributed by atoms with Gasteiger partial charge in [-0.05, 0) is 59.2 Å². The SMILES string of the molecule is CC(C)CC(CN(C)C)NC(C)CC1CCCN1. The van der Waals surface area contributed by atoms with Crippen LogP contribution in [0.4, 0.5) is 0 Å². The van der Waals surface area contributed by atoms with Crippen molar-refractivity contribution in [2.45, 2.75) is 64.6 Å². The molecule has 1 aliphatic heterocycles. The second kappa shape index (κ2) is 8.13. The minimum atomic E-state index is 0.615. The summed E-state index contributed by atoms with van der Waals surface area (Å²) in [4.78, 5) is 2.29. The predicted molar refractivity (Wildman–Crippen MR) is 80.0 cm³/mol. The Kier molecular flexibility index (Phi) is 7.20. The van der Waals surface area contributed by atoms with Crippen molar-refractivity contribution in [1.82, 2.24) is 15.5 Å². The molecule has 0 radical (unpaired) electrons. The van der Waals surface area contributed by atoms with Crippen LogP contribution in [-0.2, 0) is 0 Å². The van der Waals surface area contributed by atoms with E-state index in [0.29, 0.717) is 12.1 Å². The second-order valence-corrected chi connectivity index (χ2v) is 6.69. The molecule has 108 valence electrons. The number of rotatable bonds is 8. The molecule has 18 heavy (non-hydrogen) atoms. The minimum Gasteiger partial charge on any atom is -0.314 e. The molecule has 1 fully saturated rings. The molecule has 0 aliphatic carbocycles. The minimum absolute atomic E-state index is 0.615. The number of nitrogens with zero attached hydrogens (tertiary/aromatic N) is 1. The zero-order chi connectivity index (χ0) is 13.5. The van der Waals surface area contributed by atoms with Crippen molar-refractivity contribution in [2.24, 2.45) is 5.92 Å². The molecule has 3 unspecified atom stereocenters. The number of hydrogen-bond acceptors (Lipinski definition) is 3. The molecule has 0 amide bonds. The van der Waals surface area contributed by atoms with Crippen LogP contribution in [0.25, 0.3) is 0 Å². The summed E-state index contributed by atoms with van der Waals surface area (Å²) in [6.45, 7) is 9.31. The highest BCUT2D eigenvalue weighted by molar-refractivity contribution is 4.81. The van der Waals surface area contributed by atoms with Gasteiger partial charge in [0.15, 0.2) is 0 Å². The Morgan fingerprint density at radius 3 is 2.50 bits per heavy atom. The van der Waals surface area contributed by atoms with E-state index in [2.05, 4.69) is 50.4 Å². The van der Waals surface area contributed by atoms with Crippen LogP contribution in [0.1, 0.15) is 46.5 Å². The molecular weight excluding hydrogens is 222 g/mol. The summed E-state index contributed by atoms with van der Waals surface area (Å²) in [6, 6.07) is 1.98. The van der Waals surface area contributed by atoms with Gasteiger partial charge in [0.1, 0.15) is 0 Å². The molecule has 0 aromatic rings. The lowest BCUT2D eigenvalue weighted by atomic mass is 10.0. The van der Waals surface area contributed by atoms with Gasteiger partial charge < -0.3 is 15.5 Å². The quantitative estimate of drug-likeness (QED) is 0.695. The van der Waals surface area contributed by atoms with Gasteiger partial charge in [-0.15, -0.1) is 0 Å². The Hall–Kier alpha value is -0.120. The van der Waals surface area contributed by atoms with Crippen LogP contribution in [0.3, 0.4) is 0 Å². The Balaban J connectivity index is 2.32. The fourth-order valence-electron chi connectivity index (χ4n) is 3.06. The first-order valence-electron chi connectivity index (χ1n) is 7.61. The smallest absolute Gasteiger partial charge is 0.0199 e. The molecule has 3 atom stereocenters. The predicted octanol–water partition coefficient (Wildman–Crippen LogP) is 2.08. The molecule has 0 aromatic carbocycles. The molecule has 0 spiro atoms. The molecule has 3 heteroatoms. The van der Waals surface area contributed by atoms with E-state index in [0.717, 1.165) is 18.5 Å². The highest BCUT2D eigenvalue weighted by atomic mass is 15.1. The first-order valence-corrected chi connectivity index (χ1v) is 7.61. The average Bonchev–Trinajstić information content (AvgIpc) is 2.67. The molecule has 3 nitrogen and oxygen atoms in total. The zero-order valence-corrected chi connectivity index (χ0v) is 13.0. The summed E-state index contributed by atoms with van der Waals surface area (Å²) >= 11 is 0. The lowest BCUT2D eigenvalue weighted by molar-refractivity contribution is 0.280. The van der Waals surface area contributed by atoms with E-state index in [9.17, 15) is 0 Å². The summed E-state index contributed by atoms with van der Waals surface area (Å²) in [5, 5.41) is 7.42. The Labute approximate surface area is 114 Å². The summed E-state index contributed by atoms with van der Waals surface area (Å²) in [5.74, 6) is 0.763. The molecular formula is C15H33N3. The largest absolute Gasteiger partial charge is 0.314 e. The monoisotopic (exact) mass is 255 g/mol. The highest BCUT2D eigenvalue weighted by Gasteiger charge is 2.20. The van der Waals surface area contributed by atoms with E-state index in [4.69, 9.17) is 0 Å². The molecule has 1 aliphatic rings. The molecule has 1 heterocycles. The van der Waals surface area contributed by atoms with Crippen molar-refractivity contribution in [2.75, 3.05) is 27.2 Å². The van der Waals surface area contributed by atoms with Gasteiger partial charge in [0, 0.05) is 24.7 Å². The van der Waals surface area contributed by atoms with Crippen LogP contribution >= 0.6 is 0 Å². The molecule has 1 saturated heterocycles. The normalized spacial score (nSPS) is 23.8. The first-order chi connectivity index (χ1) is 8.47. The topological polar surface area (TPSA) is 27.3 Å². The van der Waals surface area contributed by atoms with Crippen molar-refractivity contribution in [1.29, 1.82) is 0 Å². The number of likely N-dealkylation sites (N-methyl/N-ethyl adjacent to an activating group) is 1. The highest BCUT2D eigenvalue weighted by Crippen LogP contribution is 2.13. The Morgan fingerprint density at radius 1 is 1.28 bits per heavy atom. The van der Waals surface area contributed by atoms with Gasteiger partial charge in [-0.2, -0.15) is 0 Å². The van der Waals surface area contributed by atoms with Crippen LogP contribution < -0.4 is 10.6 Å². The first kappa shape index (κ1) is 15.9. The number of nitrogens with one attached hydrogen (secondary N) is 2. The van der Waals surface area contributed by atoms with Gasteiger partial charge in [-0.3, -0.25) is 0 Å². The van der Waals surface area contributed by atoms with Crippen LogP contribution in [0.5, 0.6) is 0 Å². The zero-order valence-electron chi connectivity index (χ0n) is 13.0. The third kappa shape index (κ3) is 6.72. The van der Waals surface area contributed by atoms with Crippen molar-refractivity contribution in [3.8, 4) is 0 Å². The van der Waals surface area contributed by atoms with Gasteiger partial charge in [-0.1, -0.05) is 13.8 Å². The third-order valence-corrected chi connectivity index (χ3v) is 3.66. The maximum atomic E-state index is 3.82. The molecule has 1 rings (SSSR count). The Morgan fingerprint density at radius 2 is 2.00 bits per heavy atom. The van der Waals surface area contributed by atoms with Crippen LogP contribution in [0, 0.1) is 5.92 Å². The van der Waals surface area contributed by atoms with E-state index in [1.807, 2.05) is 0 Å². The van der Waals surface area contributed by atoms with Gasteiger partial charge in [0.2, 0.25) is 0 Å². The van der Waals surface area contributed by atoms with E-state index < -0.39 is 0 Å². The lowest BCUT2D eigenvalue weighted by Crippen LogP contribution is -2.45. The van der Waals surface area contributed by atoms with Crippen LogP contribution in [0.15, 0.2) is 0 Å². The fraction of sp³-hybridized carbons (Fsp3) is 1.00. The van der Waals surface area contributed by atoms with E-state index >= 15 is 0 Å². The van der Waals surface area contributed by atoms with Crippen molar-refractivity contribution < 1.29 is 0 Å². The fourth-order valence-corrected chi connectivity index (χ4v) is 3.06. The molecule has 0 aromatic heterocycles. The molecule has 0 bridgehead atoms. The van der Waals surface area contributed by atoms with Crippen LogP contribution in [-0.4, -0.2) is 50.2 Å². The Bertz CT molecular complexity index is 200. The van der Waals surface area contributed by atoms with E-state index in [-0.39, 0.29) is 0 Å². The summed E-state index contributed by atoms with van der Waals surface area (Å²) in [7, 11) is 4.33. The second-order valence-electron chi connectivity index (χ2n) is 6.69. The van der Waals surface area contributed by atoms with Gasteiger partial charge in [0.05, 0.1) is 0 Å². The molecule has 0 saturated carbocycles. The van der Waals surface area contributed by atoms with Crippen LogP contribution in [0.2, 0.25) is 0 Å². The van der Waals surface area contributed by atoms with Crippen molar-refractivity contribution in [3.63, 3.8) is 0 Å². The van der Waals surface area contributed by atoms with E-state index in [1.165, 1.54) is 32.2 Å². The average molecular weight is 255 g/mol. The maximum Gasteiger partial charge on any atom is 0.0199 e. The lowest BCUT2D eigenvalue weighted by Gasteiger charge is -2.28. The third-order valence-electron chi connectivity index (χ3n) is 3.66. The molecule has 2 N–H and O–H groups in total. The number of hydrogen-bond donors (Lipinski definition) is 2. The summed E-state index contributed by atoms with van der Waals surface area (Å²) < 4.78 is 0. The summed E-state index contributed by atoms with van der Waals surface area (Å²) in [6.07, 6.45) is 5.24. The van der Waals surface area contributed by atoms with Gasteiger partial charge in [-0.25, -0.2) is 0 Å². The van der Waals surface area contributed by atoms with Gasteiger partial charge in [0.25, 0.3) is 0 Å². The maximum absolute atomic E-state index is 3.82. The van der Waals surface area contributed by atoms with Crippen molar-refractivity contribution in [3.05, 3.63) is 0 Å².